The van der Waals surface area contributed by atoms with Crippen molar-refractivity contribution in [2.45, 2.75) is 12.8 Å². The number of carbonyl (C=O) groups excluding carboxylic acids is 1. The highest BCUT2D eigenvalue weighted by Gasteiger charge is 2.23. The van der Waals surface area contributed by atoms with Crippen LogP contribution in [0.4, 0.5) is 0 Å². The first kappa shape index (κ1) is 7.91. The molecule has 0 fully saturated rings. The molecule has 0 aromatic carbocycles. The zero-order valence-electron chi connectivity index (χ0n) is 6.03. The van der Waals surface area contributed by atoms with Gasteiger partial charge in [-0.1, -0.05) is 6.08 Å². The topological polar surface area (TPSA) is 60.2 Å². The third-order valence-corrected chi connectivity index (χ3v) is 1.87. The Kier molecular flexibility index (Phi) is 2.36. The second-order valence-corrected chi connectivity index (χ2v) is 2.61. The van der Waals surface area contributed by atoms with Crippen LogP contribution in [0.2, 0.25) is 0 Å². The van der Waals surface area contributed by atoms with E-state index in [1.54, 1.807) is 6.08 Å². The van der Waals surface area contributed by atoms with Crippen molar-refractivity contribution in [3.8, 4) is 0 Å². The zero-order chi connectivity index (χ0) is 8.27. The number of rotatable bonds is 3. The van der Waals surface area contributed by atoms with Crippen LogP contribution in [0, 0.1) is 16.0 Å². The molecular weight excluding hydrogens is 146 g/mol. The highest BCUT2D eigenvalue weighted by Crippen LogP contribution is 2.23. The molecule has 0 saturated carbocycles. The summed E-state index contributed by atoms with van der Waals surface area (Å²) in [5, 5.41) is 10.1. The van der Waals surface area contributed by atoms with Gasteiger partial charge in [0.05, 0.1) is 5.92 Å². The Balaban J connectivity index is 2.53. The van der Waals surface area contributed by atoms with E-state index in [1.165, 1.54) is 0 Å². The van der Waals surface area contributed by atoms with Crippen LogP contribution < -0.4 is 0 Å². The van der Waals surface area contributed by atoms with Gasteiger partial charge in [-0.15, -0.1) is 0 Å². The molecule has 0 aromatic rings. The van der Waals surface area contributed by atoms with Crippen LogP contribution in [0.1, 0.15) is 12.8 Å². The Bertz CT molecular complexity index is 210. The number of aldehydes is 1. The van der Waals surface area contributed by atoms with Crippen molar-refractivity contribution < 1.29 is 9.72 Å². The molecule has 0 bridgehead atoms. The van der Waals surface area contributed by atoms with Crippen molar-refractivity contribution in [3.63, 3.8) is 0 Å². The average molecular weight is 155 g/mol. The van der Waals surface area contributed by atoms with E-state index in [4.69, 9.17) is 0 Å². The smallest absolute Gasteiger partial charge is 0.210 e. The summed E-state index contributed by atoms with van der Waals surface area (Å²) in [5.41, 5.74) is 0.599. The molecule has 0 saturated heterocycles. The van der Waals surface area contributed by atoms with Crippen molar-refractivity contribution in [3.05, 3.63) is 21.8 Å². The molecule has 1 rings (SSSR count). The summed E-state index contributed by atoms with van der Waals surface area (Å²) in [5.74, 6) is -0.137. The fraction of sp³-hybridized carbons (Fsp3) is 0.571. The molecule has 1 atom stereocenters. The van der Waals surface area contributed by atoms with Gasteiger partial charge in [-0.25, -0.2) is 0 Å². The quantitative estimate of drug-likeness (QED) is 0.344. The summed E-state index contributed by atoms with van der Waals surface area (Å²) in [4.78, 5) is 20.0. The van der Waals surface area contributed by atoms with E-state index in [0.717, 1.165) is 19.1 Å². The summed E-state index contributed by atoms with van der Waals surface area (Å²) in [7, 11) is 0. The van der Waals surface area contributed by atoms with Crippen LogP contribution >= 0.6 is 0 Å². The zero-order valence-corrected chi connectivity index (χ0v) is 6.03. The van der Waals surface area contributed by atoms with E-state index >= 15 is 0 Å². The third kappa shape index (κ3) is 1.86. The van der Waals surface area contributed by atoms with Crippen molar-refractivity contribution in [2.75, 3.05) is 6.54 Å². The summed E-state index contributed by atoms with van der Waals surface area (Å²) in [6.07, 6.45) is 4.05. The van der Waals surface area contributed by atoms with Gasteiger partial charge in [0.1, 0.15) is 6.29 Å². The Morgan fingerprint density at radius 1 is 1.82 bits per heavy atom. The number of nitro groups is 1. The number of allylic oxidation sites excluding steroid dienone is 1. The molecular formula is C7H9NO3. The second-order valence-electron chi connectivity index (χ2n) is 2.61. The Labute approximate surface area is 64.0 Å². The lowest BCUT2D eigenvalue weighted by Crippen LogP contribution is -2.14. The van der Waals surface area contributed by atoms with Crippen LogP contribution in [0.15, 0.2) is 11.6 Å². The molecule has 1 aliphatic carbocycles. The van der Waals surface area contributed by atoms with Gasteiger partial charge in [0.25, 0.3) is 0 Å². The lowest BCUT2D eigenvalue weighted by Gasteiger charge is -2.02. The van der Waals surface area contributed by atoms with E-state index < -0.39 is 0 Å². The van der Waals surface area contributed by atoms with E-state index in [1.807, 2.05) is 0 Å². The second kappa shape index (κ2) is 3.27. The summed E-state index contributed by atoms with van der Waals surface area (Å²) < 4.78 is 0. The number of hydrogen-bond donors (Lipinski definition) is 0. The van der Waals surface area contributed by atoms with Crippen LogP contribution in [0.3, 0.4) is 0 Å². The predicted octanol–water partition coefficient (Wildman–Crippen LogP) is 0.798. The van der Waals surface area contributed by atoms with Gasteiger partial charge in [0, 0.05) is 4.92 Å². The van der Waals surface area contributed by atoms with E-state index in [-0.39, 0.29) is 17.4 Å². The minimum absolute atomic E-state index is 0.107. The van der Waals surface area contributed by atoms with Crippen LogP contribution in [-0.2, 0) is 4.79 Å². The van der Waals surface area contributed by atoms with Crippen molar-refractivity contribution in [1.29, 1.82) is 0 Å². The molecule has 0 aromatic heterocycles. The molecule has 60 valence electrons. The van der Waals surface area contributed by atoms with Crippen molar-refractivity contribution in [1.82, 2.24) is 0 Å². The first-order valence-electron chi connectivity index (χ1n) is 3.51. The molecule has 0 spiro atoms. The predicted molar refractivity (Wildman–Crippen MR) is 38.7 cm³/mol. The Morgan fingerprint density at radius 3 is 3.09 bits per heavy atom. The minimum atomic E-state index is -0.368. The maximum atomic E-state index is 10.3. The normalized spacial score (nSPS) is 22.9. The molecule has 1 aliphatic rings. The minimum Gasteiger partial charge on any atom is -0.298 e. The van der Waals surface area contributed by atoms with Crippen LogP contribution in [0.5, 0.6) is 0 Å². The molecule has 11 heavy (non-hydrogen) atoms. The summed E-state index contributed by atoms with van der Waals surface area (Å²) in [6.45, 7) is -0.107. The van der Waals surface area contributed by atoms with Gasteiger partial charge in [0.2, 0.25) is 6.54 Å². The highest BCUT2D eigenvalue weighted by molar-refractivity contribution is 5.74. The molecule has 0 N–H and O–H groups in total. The lowest BCUT2D eigenvalue weighted by molar-refractivity contribution is -0.486. The van der Waals surface area contributed by atoms with Gasteiger partial charge in [-0.2, -0.15) is 0 Å². The van der Waals surface area contributed by atoms with E-state index in [9.17, 15) is 14.9 Å². The standard InChI is InChI=1S/C7H9NO3/c9-5-7-3-1-2-6(7)4-8(10)11/h3,5-6H,1-2,4H2/t6-/m0/s1. The van der Waals surface area contributed by atoms with Crippen molar-refractivity contribution >= 4 is 6.29 Å². The summed E-state index contributed by atoms with van der Waals surface area (Å²) in [6, 6.07) is 0. The van der Waals surface area contributed by atoms with Gasteiger partial charge < -0.3 is 0 Å². The van der Waals surface area contributed by atoms with Crippen LogP contribution in [0.25, 0.3) is 0 Å². The fourth-order valence-electron chi connectivity index (χ4n) is 1.31. The van der Waals surface area contributed by atoms with E-state index in [2.05, 4.69) is 0 Å². The number of carbonyl (C=O) groups is 1. The lowest BCUT2D eigenvalue weighted by atomic mass is 10.0. The molecule has 4 heteroatoms. The molecule has 0 radical (unpaired) electrons. The Hall–Kier alpha value is -1.19. The highest BCUT2D eigenvalue weighted by atomic mass is 16.6. The van der Waals surface area contributed by atoms with Gasteiger partial charge >= 0.3 is 0 Å². The number of nitrogens with zero attached hydrogens (tertiary/aromatic N) is 1. The van der Waals surface area contributed by atoms with Crippen molar-refractivity contribution in [2.24, 2.45) is 5.92 Å². The average Bonchev–Trinajstić information content (AvgIpc) is 2.34. The largest absolute Gasteiger partial charge is 0.298 e. The summed E-state index contributed by atoms with van der Waals surface area (Å²) >= 11 is 0. The van der Waals surface area contributed by atoms with E-state index in [0.29, 0.717) is 5.57 Å². The molecule has 0 heterocycles. The maximum absolute atomic E-state index is 10.3. The molecule has 0 amide bonds. The Morgan fingerprint density at radius 2 is 2.55 bits per heavy atom. The van der Waals surface area contributed by atoms with Gasteiger partial charge in [0.15, 0.2) is 0 Å². The third-order valence-electron chi connectivity index (χ3n) is 1.87. The monoisotopic (exact) mass is 155 g/mol. The molecule has 4 nitrogen and oxygen atoms in total. The van der Waals surface area contributed by atoms with Crippen LogP contribution in [-0.4, -0.2) is 17.8 Å². The maximum Gasteiger partial charge on any atom is 0.210 e. The molecule has 0 aliphatic heterocycles. The molecule has 0 unspecified atom stereocenters. The fourth-order valence-corrected chi connectivity index (χ4v) is 1.31. The SMILES string of the molecule is O=CC1=CCC[C@H]1C[N+](=O)[O-]. The first-order valence-corrected chi connectivity index (χ1v) is 3.51. The van der Waals surface area contributed by atoms with Gasteiger partial charge in [-0.05, 0) is 18.4 Å². The number of hydrogen-bond acceptors (Lipinski definition) is 3. The first-order chi connectivity index (χ1) is 5.24. The van der Waals surface area contributed by atoms with Gasteiger partial charge in [-0.3, -0.25) is 14.9 Å².